The molecule has 0 spiro atoms. The summed E-state index contributed by atoms with van der Waals surface area (Å²) in [5, 5.41) is 1.11. The smallest absolute Gasteiger partial charge is 0.145 e. The maximum Gasteiger partial charge on any atom is 0.145 e. The lowest BCUT2D eigenvalue weighted by molar-refractivity contribution is 1.04. The van der Waals surface area contributed by atoms with Crippen LogP contribution in [-0.4, -0.2) is 29.1 Å². The van der Waals surface area contributed by atoms with Gasteiger partial charge in [0.2, 0.25) is 0 Å². The number of rotatable bonds is 4. The van der Waals surface area contributed by atoms with E-state index in [9.17, 15) is 0 Å². The zero-order valence-electron chi connectivity index (χ0n) is 18.0. The Kier molecular flexibility index (Phi) is 4.54. The lowest BCUT2D eigenvalue weighted by atomic mass is 10.2. The van der Waals surface area contributed by atoms with Gasteiger partial charge in [0.05, 0.1) is 23.1 Å². The van der Waals surface area contributed by atoms with E-state index in [0.29, 0.717) is 0 Å². The van der Waals surface area contributed by atoms with Gasteiger partial charge in [-0.25, -0.2) is 4.98 Å². The van der Waals surface area contributed by atoms with Gasteiger partial charge in [-0.05, 0) is 67.6 Å². The predicted octanol–water partition coefficient (Wildman–Crippen LogP) is 5.64. The Morgan fingerprint density at radius 1 is 0.697 bits per heavy atom. The summed E-state index contributed by atoms with van der Waals surface area (Å²) in [6, 6.07) is 22.5. The predicted molar refractivity (Wildman–Crippen MR) is 129 cm³/mol. The highest BCUT2D eigenvalue weighted by atomic mass is 15.1. The van der Waals surface area contributed by atoms with E-state index in [0.717, 1.165) is 50.7 Å². The zero-order valence-corrected chi connectivity index (χ0v) is 18.0. The summed E-state index contributed by atoms with van der Waals surface area (Å²) >= 11 is 0. The van der Waals surface area contributed by atoms with E-state index < -0.39 is 0 Å². The van der Waals surface area contributed by atoms with Gasteiger partial charge in [0.1, 0.15) is 11.5 Å². The highest BCUT2D eigenvalue weighted by Gasteiger charge is 2.14. The molecule has 5 heterocycles. The average Bonchev–Trinajstić information content (AvgIpc) is 3.50. The molecule has 0 aliphatic carbocycles. The fourth-order valence-electron chi connectivity index (χ4n) is 4.00. The molecule has 6 nitrogen and oxygen atoms in total. The van der Waals surface area contributed by atoms with Crippen LogP contribution in [0.4, 0.5) is 0 Å². The molecule has 0 atom stereocenters. The summed E-state index contributed by atoms with van der Waals surface area (Å²) in [7, 11) is 0. The standard InChI is InChI=1S/C27H20N6/c1-19-5-8-23(17-30-19)33-18-25(24-4-2-3-13-29-24)31-27(33)20-6-9-22(10-7-20)32-15-12-21-16-28-14-11-26(21)32/h2-18H,1H3. The van der Waals surface area contributed by atoms with Crippen molar-refractivity contribution in [1.29, 1.82) is 0 Å². The zero-order chi connectivity index (χ0) is 22.2. The van der Waals surface area contributed by atoms with Gasteiger partial charge in [-0.15, -0.1) is 0 Å². The fraction of sp³-hybridized carbons (Fsp3) is 0.0370. The Labute approximate surface area is 190 Å². The SMILES string of the molecule is Cc1ccc(-n2cc(-c3ccccn3)nc2-c2ccc(-n3ccc4cnccc43)cc2)cn1. The molecule has 0 aliphatic rings. The van der Waals surface area contributed by atoms with Crippen molar-refractivity contribution in [3.8, 4) is 34.2 Å². The number of hydrogen-bond acceptors (Lipinski definition) is 4. The molecule has 0 amide bonds. The van der Waals surface area contributed by atoms with Crippen molar-refractivity contribution in [2.24, 2.45) is 0 Å². The summed E-state index contributed by atoms with van der Waals surface area (Å²) < 4.78 is 4.23. The number of hydrogen-bond donors (Lipinski definition) is 0. The fourth-order valence-corrected chi connectivity index (χ4v) is 4.00. The minimum absolute atomic E-state index is 0.819. The largest absolute Gasteiger partial charge is 0.316 e. The number of aromatic nitrogens is 6. The lowest BCUT2D eigenvalue weighted by Crippen LogP contribution is -1.98. The third-order valence-electron chi connectivity index (χ3n) is 5.70. The van der Waals surface area contributed by atoms with E-state index in [-0.39, 0.29) is 0 Å². The third kappa shape index (κ3) is 3.47. The van der Waals surface area contributed by atoms with E-state index in [1.807, 2.05) is 62.0 Å². The van der Waals surface area contributed by atoms with Gasteiger partial charge >= 0.3 is 0 Å². The summed E-state index contributed by atoms with van der Waals surface area (Å²) in [6.45, 7) is 1.98. The van der Waals surface area contributed by atoms with Gasteiger partial charge < -0.3 is 4.57 Å². The van der Waals surface area contributed by atoms with Crippen molar-refractivity contribution in [1.82, 2.24) is 29.1 Å². The molecule has 0 unspecified atom stereocenters. The van der Waals surface area contributed by atoms with Gasteiger partial charge in [0.25, 0.3) is 0 Å². The minimum Gasteiger partial charge on any atom is -0.316 e. The Morgan fingerprint density at radius 3 is 2.36 bits per heavy atom. The van der Waals surface area contributed by atoms with E-state index in [4.69, 9.17) is 4.98 Å². The maximum atomic E-state index is 4.95. The van der Waals surface area contributed by atoms with Crippen LogP contribution in [-0.2, 0) is 0 Å². The summed E-state index contributed by atoms with van der Waals surface area (Å²) in [4.78, 5) is 18.1. The molecular formula is C27H20N6. The van der Waals surface area contributed by atoms with Crippen molar-refractivity contribution in [3.05, 3.63) is 110 Å². The van der Waals surface area contributed by atoms with Crippen LogP contribution < -0.4 is 0 Å². The molecule has 5 aromatic heterocycles. The van der Waals surface area contributed by atoms with Gasteiger partial charge in [-0.3, -0.25) is 19.5 Å². The molecule has 6 aromatic rings. The van der Waals surface area contributed by atoms with Crippen LogP contribution in [0.25, 0.3) is 45.1 Å². The Balaban J connectivity index is 1.45. The Bertz CT molecular complexity index is 1540. The second kappa shape index (κ2) is 7.84. The normalized spacial score (nSPS) is 11.2. The highest BCUT2D eigenvalue weighted by molar-refractivity contribution is 5.81. The highest BCUT2D eigenvalue weighted by Crippen LogP contribution is 2.28. The first-order chi connectivity index (χ1) is 16.3. The van der Waals surface area contributed by atoms with Gasteiger partial charge in [0.15, 0.2) is 0 Å². The monoisotopic (exact) mass is 428 g/mol. The van der Waals surface area contributed by atoms with Crippen molar-refractivity contribution in [2.45, 2.75) is 6.92 Å². The summed E-state index contributed by atoms with van der Waals surface area (Å²) in [5.41, 5.74) is 6.81. The van der Waals surface area contributed by atoms with E-state index in [2.05, 4.69) is 66.7 Å². The van der Waals surface area contributed by atoms with Crippen LogP contribution in [0.15, 0.2) is 104 Å². The van der Waals surface area contributed by atoms with Crippen molar-refractivity contribution in [2.75, 3.05) is 0 Å². The second-order valence-corrected chi connectivity index (χ2v) is 7.86. The summed E-state index contributed by atoms with van der Waals surface area (Å²) in [6.07, 6.45) is 11.4. The molecule has 0 bridgehead atoms. The molecule has 6 heteroatoms. The van der Waals surface area contributed by atoms with E-state index in [1.54, 1.807) is 6.20 Å². The third-order valence-corrected chi connectivity index (χ3v) is 5.70. The van der Waals surface area contributed by atoms with Crippen LogP contribution >= 0.6 is 0 Å². The first-order valence-electron chi connectivity index (χ1n) is 10.7. The topological polar surface area (TPSA) is 61.4 Å². The lowest BCUT2D eigenvalue weighted by Gasteiger charge is -2.10. The average molecular weight is 428 g/mol. The number of imidazole rings is 1. The quantitative estimate of drug-likeness (QED) is 0.364. The molecule has 6 rings (SSSR count). The molecule has 0 saturated heterocycles. The first-order valence-corrected chi connectivity index (χ1v) is 10.7. The number of nitrogens with zero attached hydrogens (tertiary/aromatic N) is 6. The molecule has 0 fully saturated rings. The minimum atomic E-state index is 0.819. The van der Waals surface area contributed by atoms with Crippen LogP contribution in [0.2, 0.25) is 0 Å². The van der Waals surface area contributed by atoms with Crippen LogP contribution in [0.3, 0.4) is 0 Å². The molecule has 0 N–H and O–H groups in total. The number of pyridine rings is 3. The van der Waals surface area contributed by atoms with Gasteiger partial charge in [-0.2, -0.15) is 0 Å². The molecule has 0 aliphatic heterocycles. The maximum absolute atomic E-state index is 4.95. The van der Waals surface area contributed by atoms with Crippen LogP contribution in [0.5, 0.6) is 0 Å². The van der Waals surface area contributed by atoms with Crippen LogP contribution in [0, 0.1) is 6.92 Å². The molecule has 0 radical (unpaired) electrons. The molecule has 1 aromatic carbocycles. The van der Waals surface area contributed by atoms with Crippen molar-refractivity contribution in [3.63, 3.8) is 0 Å². The van der Waals surface area contributed by atoms with Gasteiger partial charge in [-0.1, -0.05) is 6.07 Å². The van der Waals surface area contributed by atoms with E-state index >= 15 is 0 Å². The first kappa shape index (κ1) is 19.1. The molecule has 33 heavy (non-hydrogen) atoms. The molecule has 158 valence electrons. The Morgan fingerprint density at radius 2 is 1.58 bits per heavy atom. The number of fused-ring (bicyclic) bond motifs is 1. The van der Waals surface area contributed by atoms with Crippen molar-refractivity contribution >= 4 is 10.9 Å². The summed E-state index contributed by atoms with van der Waals surface area (Å²) in [5.74, 6) is 0.842. The van der Waals surface area contributed by atoms with Crippen LogP contribution in [0.1, 0.15) is 5.69 Å². The number of benzene rings is 1. The molecular weight excluding hydrogens is 408 g/mol. The van der Waals surface area contributed by atoms with E-state index in [1.165, 1.54) is 0 Å². The van der Waals surface area contributed by atoms with Crippen molar-refractivity contribution < 1.29 is 0 Å². The second-order valence-electron chi connectivity index (χ2n) is 7.86. The Hall–Kier alpha value is -4.58. The molecule has 0 saturated carbocycles. The number of aryl methyl sites for hydroxylation is 1. The van der Waals surface area contributed by atoms with Gasteiger partial charge in [0, 0.05) is 53.3 Å².